The van der Waals surface area contributed by atoms with E-state index < -0.39 is 0 Å². The van der Waals surface area contributed by atoms with Crippen molar-refractivity contribution in [3.63, 3.8) is 0 Å². The van der Waals surface area contributed by atoms with Crippen molar-refractivity contribution >= 4 is 5.91 Å². The summed E-state index contributed by atoms with van der Waals surface area (Å²) < 4.78 is 0. The van der Waals surface area contributed by atoms with Crippen molar-refractivity contribution in [2.24, 2.45) is 0 Å². The van der Waals surface area contributed by atoms with E-state index in [0.717, 1.165) is 38.3 Å². The predicted octanol–water partition coefficient (Wildman–Crippen LogP) is 3.82. The summed E-state index contributed by atoms with van der Waals surface area (Å²) in [6.45, 7) is 12.4. The average molecular weight is 465 g/mol. The van der Waals surface area contributed by atoms with Gasteiger partial charge in [0, 0.05) is 51.2 Å². The zero-order valence-electron chi connectivity index (χ0n) is 20.7. The van der Waals surface area contributed by atoms with Gasteiger partial charge in [-0.25, -0.2) is 5.48 Å². The molecule has 2 saturated heterocycles. The SMILES string of the molecule is C[C@@H]1CN(Cc2cccc(CN3CCCC3)c2)C[C@H](C)N1Cc1ccc(CCC(=O)NO)cc1. The van der Waals surface area contributed by atoms with Gasteiger partial charge in [0.15, 0.2) is 0 Å². The van der Waals surface area contributed by atoms with Crippen LogP contribution in [0.1, 0.15) is 55.4 Å². The lowest BCUT2D eigenvalue weighted by molar-refractivity contribution is -0.129. The van der Waals surface area contributed by atoms with Crippen LogP contribution in [0.4, 0.5) is 0 Å². The van der Waals surface area contributed by atoms with E-state index in [9.17, 15) is 4.79 Å². The minimum atomic E-state index is -0.345. The highest BCUT2D eigenvalue weighted by atomic mass is 16.5. The highest BCUT2D eigenvalue weighted by Gasteiger charge is 2.29. The number of hydrogen-bond donors (Lipinski definition) is 2. The first-order valence-electron chi connectivity index (χ1n) is 12.8. The molecule has 2 heterocycles. The quantitative estimate of drug-likeness (QED) is 0.437. The van der Waals surface area contributed by atoms with E-state index in [0.29, 0.717) is 24.9 Å². The number of nitrogens with one attached hydrogen (secondary N) is 1. The molecule has 0 unspecified atom stereocenters. The molecule has 2 aliphatic rings. The molecule has 0 aromatic heterocycles. The molecule has 6 nitrogen and oxygen atoms in total. The van der Waals surface area contributed by atoms with Crippen molar-refractivity contribution in [1.82, 2.24) is 20.2 Å². The zero-order chi connectivity index (χ0) is 23.9. The van der Waals surface area contributed by atoms with Gasteiger partial charge in [0.1, 0.15) is 0 Å². The standard InChI is InChI=1S/C28H40N4O2/c1-22-17-31(20-27-7-5-6-26(16-27)19-30-14-3-4-15-30)18-23(2)32(22)21-25-10-8-24(9-11-25)12-13-28(33)29-34/h5-11,16,22-23,34H,3-4,12-15,17-21H2,1-2H3,(H,29,33)/t22-,23+. The lowest BCUT2D eigenvalue weighted by Gasteiger charge is -2.44. The Morgan fingerprint density at radius 3 is 2.06 bits per heavy atom. The van der Waals surface area contributed by atoms with Crippen molar-refractivity contribution in [2.45, 2.75) is 71.2 Å². The minimum Gasteiger partial charge on any atom is -0.299 e. The van der Waals surface area contributed by atoms with Crippen molar-refractivity contribution in [3.8, 4) is 0 Å². The number of carbonyl (C=O) groups excluding carboxylic acids is 1. The molecule has 6 heteroatoms. The van der Waals surface area contributed by atoms with Gasteiger partial charge >= 0.3 is 0 Å². The minimum absolute atomic E-state index is 0.299. The number of amides is 1. The Kier molecular flexibility index (Phi) is 8.73. The predicted molar refractivity (Wildman–Crippen MR) is 135 cm³/mol. The maximum absolute atomic E-state index is 11.2. The van der Waals surface area contributed by atoms with Gasteiger partial charge in [0.2, 0.25) is 5.91 Å². The fraction of sp³-hybridized carbons (Fsp3) is 0.536. The van der Waals surface area contributed by atoms with Gasteiger partial charge in [-0.05, 0) is 68.5 Å². The van der Waals surface area contributed by atoms with Crippen LogP contribution in [0, 0.1) is 0 Å². The third-order valence-corrected chi connectivity index (χ3v) is 7.33. The second kappa shape index (κ2) is 11.9. The van der Waals surface area contributed by atoms with Crippen LogP contribution in [0.25, 0.3) is 0 Å². The van der Waals surface area contributed by atoms with Gasteiger partial charge in [-0.2, -0.15) is 0 Å². The number of rotatable bonds is 9. The van der Waals surface area contributed by atoms with Crippen LogP contribution in [-0.2, 0) is 30.8 Å². The molecule has 184 valence electrons. The zero-order valence-corrected chi connectivity index (χ0v) is 20.7. The van der Waals surface area contributed by atoms with Gasteiger partial charge in [-0.3, -0.25) is 24.7 Å². The Bertz CT molecular complexity index is 914. The maximum Gasteiger partial charge on any atom is 0.243 e. The largest absolute Gasteiger partial charge is 0.299 e. The van der Waals surface area contributed by atoms with Crippen molar-refractivity contribution < 1.29 is 10.0 Å². The van der Waals surface area contributed by atoms with Crippen LogP contribution in [0.15, 0.2) is 48.5 Å². The first-order valence-corrected chi connectivity index (χ1v) is 12.8. The third kappa shape index (κ3) is 6.89. The summed E-state index contributed by atoms with van der Waals surface area (Å²) in [5, 5.41) is 8.64. The van der Waals surface area contributed by atoms with E-state index in [4.69, 9.17) is 5.21 Å². The summed E-state index contributed by atoms with van der Waals surface area (Å²) in [5.41, 5.74) is 6.98. The summed E-state index contributed by atoms with van der Waals surface area (Å²) in [4.78, 5) is 19.0. The maximum atomic E-state index is 11.2. The highest BCUT2D eigenvalue weighted by molar-refractivity contribution is 5.74. The number of nitrogens with zero attached hydrogens (tertiary/aromatic N) is 3. The molecule has 0 spiro atoms. The molecule has 2 atom stereocenters. The van der Waals surface area contributed by atoms with Crippen LogP contribution in [-0.4, -0.2) is 64.1 Å². The van der Waals surface area contributed by atoms with Crippen LogP contribution >= 0.6 is 0 Å². The van der Waals surface area contributed by atoms with Crippen LogP contribution in [0.5, 0.6) is 0 Å². The number of benzene rings is 2. The lowest BCUT2D eigenvalue weighted by atomic mass is 10.0. The second-order valence-corrected chi connectivity index (χ2v) is 10.2. The fourth-order valence-electron chi connectivity index (χ4n) is 5.53. The van der Waals surface area contributed by atoms with Crippen molar-refractivity contribution in [3.05, 3.63) is 70.8 Å². The Balaban J connectivity index is 1.29. The summed E-state index contributed by atoms with van der Waals surface area (Å²) in [6.07, 6.45) is 3.62. The Hall–Kier alpha value is -2.25. The van der Waals surface area contributed by atoms with Gasteiger partial charge in [0.25, 0.3) is 0 Å². The summed E-state index contributed by atoms with van der Waals surface area (Å²) in [7, 11) is 0. The van der Waals surface area contributed by atoms with E-state index in [2.05, 4.69) is 77.1 Å². The molecule has 0 aliphatic carbocycles. The highest BCUT2D eigenvalue weighted by Crippen LogP contribution is 2.22. The Morgan fingerprint density at radius 2 is 1.44 bits per heavy atom. The number of likely N-dealkylation sites (tertiary alicyclic amines) is 1. The summed E-state index contributed by atoms with van der Waals surface area (Å²) in [6, 6.07) is 18.7. The summed E-state index contributed by atoms with van der Waals surface area (Å²) >= 11 is 0. The monoisotopic (exact) mass is 464 g/mol. The van der Waals surface area contributed by atoms with Gasteiger partial charge in [-0.15, -0.1) is 0 Å². The molecule has 2 N–H and O–H groups in total. The van der Waals surface area contributed by atoms with Gasteiger partial charge in [-0.1, -0.05) is 48.5 Å². The molecule has 2 aliphatic heterocycles. The molecular formula is C28H40N4O2. The van der Waals surface area contributed by atoms with E-state index in [1.54, 1.807) is 5.48 Å². The molecule has 4 rings (SSSR count). The Morgan fingerprint density at radius 1 is 0.853 bits per heavy atom. The van der Waals surface area contributed by atoms with Crippen molar-refractivity contribution in [1.29, 1.82) is 0 Å². The molecule has 34 heavy (non-hydrogen) atoms. The van der Waals surface area contributed by atoms with Gasteiger partial charge in [0.05, 0.1) is 0 Å². The first-order chi connectivity index (χ1) is 16.5. The van der Waals surface area contributed by atoms with E-state index in [1.807, 2.05) is 0 Å². The van der Waals surface area contributed by atoms with Crippen LogP contribution < -0.4 is 5.48 Å². The van der Waals surface area contributed by atoms with E-state index in [-0.39, 0.29) is 5.91 Å². The molecule has 0 saturated carbocycles. The van der Waals surface area contributed by atoms with Crippen LogP contribution in [0.2, 0.25) is 0 Å². The number of carbonyl (C=O) groups is 1. The average Bonchev–Trinajstić information content (AvgIpc) is 3.34. The third-order valence-electron chi connectivity index (χ3n) is 7.33. The summed E-state index contributed by atoms with van der Waals surface area (Å²) in [5.74, 6) is -0.345. The van der Waals surface area contributed by atoms with E-state index in [1.165, 1.54) is 42.6 Å². The van der Waals surface area contributed by atoms with Gasteiger partial charge < -0.3 is 0 Å². The number of hydrogen-bond acceptors (Lipinski definition) is 5. The number of aryl methyl sites for hydroxylation is 1. The Labute approximate surface area is 204 Å². The van der Waals surface area contributed by atoms with Crippen LogP contribution in [0.3, 0.4) is 0 Å². The van der Waals surface area contributed by atoms with E-state index >= 15 is 0 Å². The number of piperazine rings is 1. The molecule has 1 amide bonds. The normalized spacial score (nSPS) is 22.2. The smallest absolute Gasteiger partial charge is 0.243 e. The first kappa shape index (κ1) is 24.9. The molecule has 2 aromatic rings. The van der Waals surface area contributed by atoms with Crippen molar-refractivity contribution in [2.75, 3.05) is 26.2 Å². The molecule has 0 radical (unpaired) electrons. The number of hydroxylamine groups is 1. The second-order valence-electron chi connectivity index (χ2n) is 10.2. The molecule has 2 fully saturated rings. The topological polar surface area (TPSA) is 59.0 Å². The molecule has 2 aromatic carbocycles. The molecular weight excluding hydrogens is 424 g/mol. The lowest BCUT2D eigenvalue weighted by Crippen LogP contribution is -2.55. The fourth-order valence-corrected chi connectivity index (χ4v) is 5.53. The molecule has 0 bridgehead atoms.